The van der Waals surface area contributed by atoms with Gasteiger partial charge in [-0.15, -0.1) is 11.3 Å². The summed E-state index contributed by atoms with van der Waals surface area (Å²) in [6.07, 6.45) is 1.53. The van der Waals surface area contributed by atoms with Crippen molar-refractivity contribution in [3.05, 3.63) is 22.4 Å². The summed E-state index contributed by atoms with van der Waals surface area (Å²) in [5, 5.41) is 5.74. The highest BCUT2D eigenvalue weighted by atomic mass is 32.1. The number of ether oxygens (including phenoxy) is 1. The highest BCUT2D eigenvalue weighted by Gasteiger charge is 2.14. The predicted octanol–water partition coefficient (Wildman–Crippen LogP) is 2.51. The lowest BCUT2D eigenvalue weighted by Gasteiger charge is -2.22. The fraction of sp³-hybridized carbons (Fsp3) is 0.714. The van der Waals surface area contributed by atoms with Gasteiger partial charge in [0.1, 0.15) is 0 Å². The minimum absolute atomic E-state index is 0.377. The van der Waals surface area contributed by atoms with Gasteiger partial charge in [-0.3, -0.25) is 4.90 Å². The lowest BCUT2D eigenvalue weighted by molar-refractivity contribution is 0.0678. The van der Waals surface area contributed by atoms with Crippen LogP contribution in [0, 0.1) is 0 Å². The first-order valence-corrected chi connectivity index (χ1v) is 7.74. The Morgan fingerprint density at radius 2 is 2.50 bits per heavy atom. The van der Waals surface area contributed by atoms with E-state index >= 15 is 0 Å². The van der Waals surface area contributed by atoms with Crippen LogP contribution < -0.4 is 5.32 Å². The molecule has 1 aliphatic heterocycles. The van der Waals surface area contributed by atoms with E-state index < -0.39 is 0 Å². The molecule has 18 heavy (non-hydrogen) atoms. The lowest BCUT2D eigenvalue weighted by Crippen LogP contribution is -2.36. The second-order valence-corrected chi connectivity index (χ2v) is 6.01. The molecule has 1 N–H and O–H groups in total. The first-order valence-electron chi connectivity index (χ1n) is 6.86. The van der Waals surface area contributed by atoms with E-state index in [9.17, 15) is 0 Å². The van der Waals surface area contributed by atoms with Crippen LogP contribution in [0.15, 0.2) is 17.5 Å². The average Bonchev–Trinajstić information content (AvgIpc) is 2.80. The SMILES string of the molecule is CC1CN(CCNC(C)c2cccs2)CCCO1. The van der Waals surface area contributed by atoms with Crippen LogP contribution in [0.2, 0.25) is 0 Å². The van der Waals surface area contributed by atoms with Crippen LogP contribution in [0.1, 0.15) is 31.2 Å². The van der Waals surface area contributed by atoms with Crippen molar-refractivity contribution in [2.75, 3.05) is 32.8 Å². The molecule has 0 radical (unpaired) electrons. The van der Waals surface area contributed by atoms with E-state index in [4.69, 9.17) is 4.74 Å². The molecule has 2 atom stereocenters. The van der Waals surface area contributed by atoms with Crippen LogP contribution in [-0.4, -0.2) is 43.8 Å². The quantitative estimate of drug-likeness (QED) is 0.888. The highest BCUT2D eigenvalue weighted by Crippen LogP contribution is 2.17. The van der Waals surface area contributed by atoms with Crippen molar-refractivity contribution in [1.82, 2.24) is 10.2 Å². The predicted molar refractivity (Wildman–Crippen MR) is 77.2 cm³/mol. The van der Waals surface area contributed by atoms with Crippen molar-refractivity contribution < 1.29 is 4.74 Å². The first-order chi connectivity index (χ1) is 8.75. The molecule has 0 saturated carbocycles. The molecule has 1 fully saturated rings. The van der Waals surface area contributed by atoms with Gasteiger partial charge in [-0.1, -0.05) is 6.07 Å². The zero-order chi connectivity index (χ0) is 12.8. The summed E-state index contributed by atoms with van der Waals surface area (Å²) in [5.74, 6) is 0. The van der Waals surface area contributed by atoms with Crippen LogP contribution in [0.4, 0.5) is 0 Å². The third-order valence-corrected chi connectivity index (χ3v) is 4.44. The normalized spacial score (nSPS) is 23.8. The topological polar surface area (TPSA) is 24.5 Å². The van der Waals surface area contributed by atoms with Crippen molar-refractivity contribution in [2.45, 2.75) is 32.4 Å². The van der Waals surface area contributed by atoms with Crippen LogP contribution in [-0.2, 0) is 4.74 Å². The van der Waals surface area contributed by atoms with E-state index in [0.717, 1.165) is 32.7 Å². The number of nitrogens with zero attached hydrogens (tertiary/aromatic N) is 1. The molecule has 1 aromatic rings. The van der Waals surface area contributed by atoms with Gasteiger partial charge in [0.25, 0.3) is 0 Å². The summed E-state index contributed by atoms with van der Waals surface area (Å²) < 4.78 is 5.66. The minimum Gasteiger partial charge on any atom is -0.377 e. The molecule has 4 heteroatoms. The number of hydrogen-bond acceptors (Lipinski definition) is 4. The largest absolute Gasteiger partial charge is 0.377 e. The number of nitrogens with one attached hydrogen (secondary N) is 1. The van der Waals surface area contributed by atoms with Gasteiger partial charge in [-0.05, 0) is 31.7 Å². The molecule has 0 aliphatic carbocycles. The van der Waals surface area contributed by atoms with E-state index in [1.54, 1.807) is 0 Å². The summed E-state index contributed by atoms with van der Waals surface area (Å²) in [7, 11) is 0. The van der Waals surface area contributed by atoms with Gasteiger partial charge in [0.05, 0.1) is 6.10 Å². The fourth-order valence-electron chi connectivity index (χ4n) is 2.36. The molecule has 2 rings (SSSR count). The molecule has 0 bridgehead atoms. The Hall–Kier alpha value is -0.420. The van der Waals surface area contributed by atoms with Gasteiger partial charge in [0, 0.05) is 43.7 Å². The zero-order valence-electron chi connectivity index (χ0n) is 11.4. The van der Waals surface area contributed by atoms with Crippen LogP contribution >= 0.6 is 11.3 Å². The van der Waals surface area contributed by atoms with Crippen LogP contribution in [0.3, 0.4) is 0 Å². The van der Waals surface area contributed by atoms with E-state index in [2.05, 4.69) is 41.6 Å². The zero-order valence-corrected chi connectivity index (χ0v) is 12.2. The van der Waals surface area contributed by atoms with Gasteiger partial charge in [-0.2, -0.15) is 0 Å². The second-order valence-electron chi connectivity index (χ2n) is 5.03. The highest BCUT2D eigenvalue weighted by molar-refractivity contribution is 7.10. The van der Waals surface area contributed by atoms with Crippen LogP contribution in [0.5, 0.6) is 0 Å². The van der Waals surface area contributed by atoms with Crippen LogP contribution in [0.25, 0.3) is 0 Å². The number of rotatable bonds is 5. The van der Waals surface area contributed by atoms with E-state index in [-0.39, 0.29) is 0 Å². The Labute approximate surface area is 114 Å². The molecule has 102 valence electrons. The average molecular weight is 268 g/mol. The third kappa shape index (κ3) is 4.35. The van der Waals surface area contributed by atoms with E-state index in [1.807, 2.05) is 11.3 Å². The Morgan fingerprint density at radius 1 is 1.61 bits per heavy atom. The van der Waals surface area contributed by atoms with Crippen molar-refractivity contribution in [2.24, 2.45) is 0 Å². The summed E-state index contributed by atoms with van der Waals surface area (Å²) >= 11 is 1.82. The molecule has 2 unspecified atom stereocenters. The second kappa shape index (κ2) is 7.24. The molecular weight excluding hydrogens is 244 g/mol. The van der Waals surface area contributed by atoms with Gasteiger partial charge < -0.3 is 10.1 Å². The monoisotopic (exact) mass is 268 g/mol. The van der Waals surface area contributed by atoms with Crippen molar-refractivity contribution in [3.63, 3.8) is 0 Å². The fourth-order valence-corrected chi connectivity index (χ4v) is 3.12. The van der Waals surface area contributed by atoms with Crippen molar-refractivity contribution >= 4 is 11.3 Å². The Balaban J connectivity index is 1.68. The summed E-state index contributed by atoms with van der Waals surface area (Å²) in [6.45, 7) is 9.71. The molecule has 0 spiro atoms. The summed E-state index contributed by atoms with van der Waals surface area (Å²) in [5.41, 5.74) is 0. The molecule has 1 aliphatic rings. The van der Waals surface area contributed by atoms with Crippen molar-refractivity contribution in [1.29, 1.82) is 0 Å². The summed E-state index contributed by atoms with van der Waals surface area (Å²) in [6, 6.07) is 4.78. The van der Waals surface area contributed by atoms with E-state index in [1.165, 1.54) is 11.4 Å². The van der Waals surface area contributed by atoms with Gasteiger partial charge in [-0.25, -0.2) is 0 Å². The molecule has 0 aromatic carbocycles. The number of hydrogen-bond donors (Lipinski definition) is 1. The molecule has 1 aromatic heterocycles. The minimum atomic E-state index is 0.377. The maximum Gasteiger partial charge on any atom is 0.0673 e. The Bertz CT molecular complexity index is 329. The molecule has 3 nitrogen and oxygen atoms in total. The van der Waals surface area contributed by atoms with Gasteiger partial charge >= 0.3 is 0 Å². The maximum absolute atomic E-state index is 5.66. The summed E-state index contributed by atoms with van der Waals surface area (Å²) in [4.78, 5) is 3.92. The standard InChI is InChI=1S/C14H24N2OS/c1-12-11-16(7-4-9-17-12)8-6-15-13(2)14-5-3-10-18-14/h3,5,10,12-13,15H,4,6-9,11H2,1-2H3. The Kier molecular flexibility index (Phi) is 5.63. The Morgan fingerprint density at radius 3 is 3.28 bits per heavy atom. The molecule has 0 amide bonds. The van der Waals surface area contributed by atoms with E-state index in [0.29, 0.717) is 12.1 Å². The maximum atomic E-state index is 5.66. The first kappa shape index (κ1) is 14.0. The molecule has 2 heterocycles. The smallest absolute Gasteiger partial charge is 0.0673 e. The molecule has 1 saturated heterocycles. The third-order valence-electron chi connectivity index (χ3n) is 3.38. The van der Waals surface area contributed by atoms with Gasteiger partial charge in [0.2, 0.25) is 0 Å². The van der Waals surface area contributed by atoms with Crippen molar-refractivity contribution in [3.8, 4) is 0 Å². The van der Waals surface area contributed by atoms with Gasteiger partial charge in [0.15, 0.2) is 0 Å². The number of thiophene rings is 1. The lowest BCUT2D eigenvalue weighted by atomic mass is 10.2. The molecular formula is C14H24N2OS.